The van der Waals surface area contributed by atoms with Crippen LogP contribution in [-0.4, -0.2) is 33.7 Å². The lowest BCUT2D eigenvalue weighted by atomic mass is 9.89. The van der Waals surface area contributed by atoms with Gasteiger partial charge in [0.2, 0.25) is 0 Å². The number of halogens is 1. The van der Waals surface area contributed by atoms with Gasteiger partial charge in [-0.3, -0.25) is 0 Å². The summed E-state index contributed by atoms with van der Waals surface area (Å²) < 4.78 is 0. The normalized spacial score (nSPS) is 13.1. The molecule has 0 heterocycles. The first-order valence-electron chi connectivity index (χ1n) is 8.35. The van der Waals surface area contributed by atoms with E-state index in [0.29, 0.717) is 5.92 Å². The molecule has 0 aromatic heterocycles. The Morgan fingerprint density at radius 1 is 1.00 bits per heavy atom. The van der Waals surface area contributed by atoms with Crippen molar-refractivity contribution in [3.8, 4) is 0 Å². The highest BCUT2D eigenvalue weighted by Gasteiger charge is 2.13. The van der Waals surface area contributed by atoms with E-state index in [0.717, 1.165) is 10.9 Å². The molecule has 0 aliphatic heterocycles. The fourth-order valence-electron chi connectivity index (χ4n) is 2.60. The Balaban J connectivity index is 2.46. The molecule has 0 saturated carbocycles. The van der Waals surface area contributed by atoms with Crippen LogP contribution in [0.2, 0.25) is 5.02 Å². The molecule has 2 nitrogen and oxygen atoms in total. The number of hydrogen-bond donors (Lipinski definition) is 2. The Morgan fingerprint density at radius 3 is 2.24 bits per heavy atom. The van der Waals surface area contributed by atoms with Gasteiger partial charge in [-0.2, -0.15) is 0 Å². The van der Waals surface area contributed by atoms with Crippen LogP contribution in [0.1, 0.15) is 44.6 Å². The summed E-state index contributed by atoms with van der Waals surface area (Å²) >= 11 is 6.01. The molecule has 1 aromatic rings. The van der Waals surface area contributed by atoms with E-state index >= 15 is 0 Å². The SMILES string of the molecule is CC(C)CC[C@H](CC[NH2+]CC[NH+](C)C)c1ccc(Cl)cc1. The van der Waals surface area contributed by atoms with Crippen LogP contribution >= 0.6 is 11.6 Å². The second kappa shape index (κ2) is 10.2. The predicted octanol–water partition coefficient (Wildman–Crippen LogP) is 1.96. The van der Waals surface area contributed by atoms with Crippen LogP contribution in [0, 0.1) is 5.92 Å². The second-order valence-corrected chi connectivity index (χ2v) is 7.27. The van der Waals surface area contributed by atoms with Crippen LogP contribution in [0.4, 0.5) is 0 Å². The van der Waals surface area contributed by atoms with Crippen molar-refractivity contribution in [2.75, 3.05) is 33.7 Å². The molecule has 0 radical (unpaired) electrons. The fraction of sp³-hybridized carbons (Fsp3) is 0.667. The first-order chi connectivity index (χ1) is 9.99. The highest BCUT2D eigenvalue weighted by molar-refractivity contribution is 6.30. The molecule has 0 unspecified atom stereocenters. The molecule has 3 heteroatoms. The molecule has 0 aliphatic carbocycles. The van der Waals surface area contributed by atoms with Gasteiger partial charge in [-0.15, -0.1) is 0 Å². The maximum atomic E-state index is 6.01. The lowest BCUT2D eigenvalue weighted by Gasteiger charge is -2.18. The van der Waals surface area contributed by atoms with Crippen molar-refractivity contribution in [2.24, 2.45) is 5.92 Å². The van der Waals surface area contributed by atoms with Gasteiger partial charge in [0.05, 0.1) is 20.6 Å². The van der Waals surface area contributed by atoms with Crippen LogP contribution in [0.5, 0.6) is 0 Å². The third-order valence-electron chi connectivity index (χ3n) is 4.00. The zero-order valence-electron chi connectivity index (χ0n) is 14.2. The van der Waals surface area contributed by atoms with Gasteiger partial charge in [0, 0.05) is 11.4 Å². The molecule has 0 spiro atoms. The Morgan fingerprint density at radius 2 is 1.67 bits per heavy atom. The minimum atomic E-state index is 0.674. The van der Waals surface area contributed by atoms with Gasteiger partial charge in [-0.25, -0.2) is 0 Å². The molecule has 3 N–H and O–H groups in total. The summed E-state index contributed by atoms with van der Waals surface area (Å²) in [7, 11) is 4.43. The first kappa shape index (κ1) is 18.5. The smallest absolute Gasteiger partial charge is 0.126 e. The van der Waals surface area contributed by atoms with Gasteiger partial charge in [0.1, 0.15) is 13.1 Å². The Hall–Kier alpha value is -0.570. The van der Waals surface area contributed by atoms with Gasteiger partial charge in [0.25, 0.3) is 0 Å². The van der Waals surface area contributed by atoms with Crippen LogP contribution in [0.25, 0.3) is 0 Å². The number of rotatable bonds is 10. The number of likely N-dealkylation sites (N-methyl/N-ethyl adjacent to an activating group) is 1. The summed E-state index contributed by atoms with van der Waals surface area (Å²) in [6, 6.07) is 8.46. The van der Waals surface area contributed by atoms with Gasteiger partial charge in [0.15, 0.2) is 0 Å². The van der Waals surface area contributed by atoms with Gasteiger partial charge < -0.3 is 10.2 Å². The zero-order chi connectivity index (χ0) is 15.7. The van der Waals surface area contributed by atoms with Gasteiger partial charge >= 0.3 is 0 Å². The Labute approximate surface area is 135 Å². The second-order valence-electron chi connectivity index (χ2n) is 6.83. The fourth-order valence-corrected chi connectivity index (χ4v) is 2.73. The standard InChI is InChI=1S/C18H31ClN2/c1-15(2)5-6-17(11-12-20-13-14-21(3)4)16-7-9-18(19)10-8-16/h7-10,15,17,20H,5-6,11-14H2,1-4H3/p+2/t17-/m1/s1. The Bertz CT molecular complexity index is 373. The number of hydrogen-bond acceptors (Lipinski definition) is 0. The minimum absolute atomic E-state index is 0.674. The number of nitrogens with one attached hydrogen (secondary N) is 1. The number of nitrogens with two attached hydrogens (primary N) is 1. The van der Waals surface area contributed by atoms with E-state index in [9.17, 15) is 0 Å². The molecule has 0 bridgehead atoms. The van der Waals surface area contributed by atoms with E-state index < -0.39 is 0 Å². The third kappa shape index (κ3) is 8.45. The summed E-state index contributed by atoms with van der Waals surface area (Å²) in [5.41, 5.74) is 1.45. The number of benzene rings is 1. The quantitative estimate of drug-likeness (QED) is 0.616. The summed E-state index contributed by atoms with van der Waals surface area (Å²) in [5.74, 6) is 1.45. The lowest BCUT2D eigenvalue weighted by molar-refractivity contribution is -0.874. The molecule has 21 heavy (non-hydrogen) atoms. The predicted molar refractivity (Wildman–Crippen MR) is 92.2 cm³/mol. The molecule has 1 rings (SSSR count). The van der Waals surface area contributed by atoms with Crippen molar-refractivity contribution in [3.63, 3.8) is 0 Å². The van der Waals surface area contributed by atoms with Crippen LogP contribution in [0.3, 0.4) is 0 Å². The molecule has 1 aromatic carbocycles. The van der Waals surface area contributed by atoms with Crippen molar-refractivity contribution < 1.29 is 10.2 Å². The topological polar surface area (TPSA) is 21.1 Å². The number of quaternary nitrogens is 2. The van der Waals surface area contributed by atoms with E-state index in [4.69, 9.17) is 11.6 Å². The summed E-state index contributed by atoms with van der Waals surface area (Å²) in [4.78, 5) is 1.53. The first-order valence-corrected chi connectivity index (χ1v) is 8.73. The largest absolute Gasteiger partial charge is 0.342 e. The van der Waals surface area contributed by atoms with Crippen molar-refractivity contribution in [1.29, 1.82) is 0 Å². The van der Waals surface area contributed by atoms with Crippen molar-refractivity contribution >= 4 is 11.6 Å². The van der Waals surface area contributed by atoms with E-state index in [1.165, 1.54) is 49.4 Å². The highest BCUT2D eigenvalue weighted by Crippen LogP contribution is 2.27. The van der Waals surface area contributed by atoms with Crippen molar-refractivity contribution in [1.82, 2.24) is 0 Å². The minimum Gasteiger partial charge on any atom is -0.342 e. The summed E-state index contributed by atoms with van der Waals surface area (Å²) in [6.45, 7) is 8.30. The van der Waals surface area contributed by atoms with Crippen molar-refractivity contribution in [3.05, 3.63) is 34.9 Å². The molecule has 0 amide bonds. The van der Waals surface area contributed by atoms with E-state index in [1.807, 2.05) is 12.1 Å². The molecule has 0 aliphatic rings. The molecule has 0 fully saturated rings. The monoisotopic (exact) mass is 312 g/mol. The molecule has 0 saturated heterocycles. The van der Waals surface area contributed by atoms with Crippen LogP contribution in [-0.2, 0) is 0 Å². The Kier molecular flexibility index (Phi) is 8.98. The maximum Gasteiger partial charge on any atom is 0.126 e. The highest BCUT2D eigenvalue weighted by atomic mass is 35.5. The molecular weight excluding hydrogens is 280 g/mol. The van der Waals surface area contributed by atoms with Gasteiger partial charge in [-0.1, -0.05) is 44.0 Å². The third-order valence-corrected chi connectivity index (χ3v) is 4.25. The lowest BCUT2D eigenvalue weighted by Crippen LogP contribution is -3.09. The average molecular weight is 313 g/mol. The average Bonchev–Trinajstić information content (AvgIpc) is 2.42. The molecule has 120 valence electrons. The van der Waals surface area contributed by atoms with E-state index in [1.54, 1.807) is 0 Å². The van der Waals surface area contributed by atoms with E-state index in [-0.39, 0.29) is 0 Å². The summed E-state index contributed by atoms with van der Waals surface area (Å²) in [5, 5.41) is 3.30. The van der Waals surface area contributed by atoms with Crippen LogP contribution < -0.4 is 10.2 Å². The molecule has 1 atom stereocenters. The van der Waals surface area contributed by atoms with Crippen molar-refractivity contribution in [2.45, 2.75) is 39.0 Å². The maximum absolute atomic E-state index is 6.01. The zero-order valence-corrected chi connectivity index (χ0v) is 14.9. The molecular formula is C18H33ClN2+2. The van der Waals surface area contributed by atoms with E-state index in [2.05, 4.69) is 45.4 Å². The van der Waals surface area contributed by atoms with Crippen LogP contribution in [0.15, 0.2) is 24.3 Å². The van der Waals surface area contributed by atoms with Gasteiger partial charge in [-0.05, 0) is 36.0 Å². The summed E-state index contributed by atoms with van der Waals surface area (Å²) in [6.07, 6.45) is 3.85.